The Morgan fingerprint density at radius 2 is 2.18 bits per heavy atom. The molecule has 1 heterocycles. The van der Waals surface area contributed by atoms with Gasteiger partial charge in [0.25, 0.3) is 5.91 Å². The molecule has 0 atom stereocenters. The second kappa shape index (κ2) is 4.89. The average molecular weight is 248 g/mol. The summed E-state index contributed by atoms with van der Waals surface area (Å²) in [4.78, 5) is 12.8. The van der Waals surface area contributed by atoms with Crippen LogP contribution in [0.1, 0.15) is 47.3 Å². The molecule has 0 aromatic carbocycles. The Balaban J connectivity index is 2.12. The highest BCUT2D eigenvalue weighted by Gasteiger charge is 2.34. The van der Waals surface area contributed by atoms with Gasteiger partial charge in [0.2, 0.25) is 0 Å². The molecule has 1 aromatic heterocycles. The lowest BCUT2D eigenvalue weighted by Gasteiger charge is -2.31. The van der Waals surface area contributed by atoms with E-state index in [4.69, 9.17) is 0 Å². The van der Waals surface area contributed by atoms with Crippen LogP contribution < -0.4 is 5.32 Å². The number of hydrogen-bond acceptors (Lipinski definition) is 3. The molecule has 2 rings (SSSR count). The van der Waals surface area contributed by atoms with Crippen LogP contribution in [-0.2, 0) is 0 Å². The number of carbonyl (C=O) groups excluding carboxylic acids is 1. The SMILES string of the molecule is Cc1ccsc1C(=O)NC1(C#N)CCCCC1. The number of nitrogens with zero attached hydrogens (tertiary/aromatic N) is 1. The maximum atomic E-state index is 12.1. The largest absolute Gasteiger partial charge is 0.333 e. The molecule has 90 valence electrons. The van der Waals surface area contributed by atoms with E-state index in [0.717, 1.165) is 42.5 Å². The van der Waals surface area contributed by atoms with Crippen molar-refractivity contribution < 1.29 is 4.79 Å². The van der Waals surface area contributed by atoms with Crippen LogP contribution in [0.4, 0.5) is 0 Å². The van der Waals surface area contributed by atoms with E-state index in [1.165, 1.54) is 11.3 Å². The third kappa shape index (κ3) is 2.50. The van der Waals surface area contributed by atoms with Crippen LogP contribution in [0.3, 0.4) is 0 Å². The van der Waals surface area contributed by atoms with Gasteiger partial charge in [-0.25, -0.2) is 0 Å². The first kappa shape index (κ1) is 12.1. The van der Waals surface area contributed by atoms with Crippen LogP contribution in [0, 0.1) is 18.3 Å². The average Bonchev–Trinajstić information content (AvgIpc) is 2.77. The third-order valence-electron chi connectivity index (χ3n) is 3.34. The second-order valence-electron chi connectivity index (χ2n) is 4.64. The quantitative estimate of drug-likeness (QED) is 0.874. The molecule has 0 spiro atoms. The molecule has 17 heavy (non-hydrogen) atoms. The number of rotatable bonds is 2. The van der Waals surface area contributed by atoms with Crippen LogP contribution in [-0.4, -0.2) is 11.4 Å². The van der Waals surface area contributed by atoms with Gasteiger partial charge in [-0.1, -0.05) is 19.3 Å². The fourth-order valence-corrected chi connectivity index (χ4v) is 3.12. The molecule has 0 saturated heterocycles. The Kier molecular flexibility index (Phi) is 3.49. The Hall–Kier alpha value is -1.34. The minimum absolute atomic E-state index is 0.0963. The molecule has 0 radical (unpaired) electrons. The molecule has 1 N–H and O–H groups in total. The molecule has 1 saturated carbocycles. The molecule has 1 amide bonds. The van der Waals surface area contributed by atoms with Crippen LogP contribution >= 0.6 is 11.3 Å². The number of nitrogens with one attached hydrogen (secondary N) is 1. The van der Waals surface area contributed by atoms with Crippen LogP contribution in [0.5, 0.6) is 0 Å². The fraction of sp³-hybridized carbons (Fsp3) is 0.538. The van der Waals surface area contributed by atoms with Gasteiger partial charge < -0.3 is 5.32 Å². The van der Waals surface area contributed by atoms with E-state index in [9.17, 15) is 10.1 Å². The van der Waals surface area contributed by atoms with Gasteiger partial charge in [0.05, 0.1) is 10.9 Å². The predicted molar refractivity (Wildman–Crippen MR) is 68.0 cm³/mol. The zero-order valence-corrected chi connectivity index (χ0v) is 10.8. The molecule has 1 fully saturated rings. The Bertz CT molecular complexity index is 452. The van der Waals surface area contributed by atoms with Gasteiger partial charge in [-0.3, -0.25) is 4.79 Å². The minimum atomic E-state index is -0.633. The number of hydrogen-bond donors (Lipinski definition) is 1. The Labute approximate surface area is 105 Å². The maximum absolute atomic E-state index is 12.1. The van der Waals surface area contributed by atoms with Gasteiger partial charge >= 0.3 is 0 Å². The highest BCUT2D eigenvalue weighted by atomic mass is 32.1. The summed E-state index contributed by atoms with van der Waals surface area (Å²) in [6, 6.07) is 4.23. The summed E-state index contributed by atoms with van der Waals surface area (Å²) in [5.74, 6) is -0.0963. The van der Waals surface area contributed by atoms with Gasteiger partial charge in [0.1, 0.15) is 5.54 Å². The van der Waals surface area contributed by atoms with Crippen molar-refractivity contribution in [1.82, 2.24) is 5.32 Å². The van der Waals surface area contributed by atoms with Crippen molar-refractivity contribution in [2.75, 3.05) is 0 Å². The molecule has 3 nitrogen and oxygen atoms in total. The summed E-state index contributed by atoms with van der Waals surface area (Å²) in [6.07, 6.45) is 4.77. The van der Waals surface area contributed by atoms with Crippen molar-refractivity contribution >= 4 is 17.2 Å². The molecular weight excluding hydrogens is 232 g/mol. The monoisotopic (exact) mass is 248 g/mol. The standard InChI is InChI=1S/C13H16N2OS/c1-10-5-8-17-11(10)12(16)15-13(9-14)6-3-2-4-7-13/h5,8H,2-4,6-7H2,1H3,(H,15,16). The van der Waals surface area contributed by atoms with Crippen molar-refractivity contribution in [2.24, 2.45) is 0 Å². The number of carbonyl (C=O) groups is 1. The normalized spacial score (nSPS) is 18.4. The Morgan fingerprint density at radius 1 is 1.47 bits per heavy atom. The summed E-state index contributed by atoms with van der Waals surface area (Å²) in [5, 5.41) is 14.1. The zero-order valence-electron chi connectivity index (χ0n) is 9.95. The van der Waals surface area contributed by atoms with E-state index in [1.54, 1.807) is 0 Å². The zero-order chi connectivity index (χ0) is 12.3. The van der Waals surface area contributed by atoms with E-state index in [-0.39, 0.29) is 5.91 Å². The number of aryl methyl sites for hydroxylation is 1. The molecule has 1 aliphatic rings. The predicted octanol–water partition coefficient (Wildman–Crippen LogP) is 3.01. The van der Waals surface area contributed by atoms with Crippen LogP contribution in [0.15, 0.2) is 11.4 Å². The fourth-order valence-electron chi connectivity index (χ4n) is 2.30. The maximum Gasteiger partial charge on any atom is 0.262 e. The molecule has 1 aromatic rings. The minimum Gasteiger partial charge on any atom is -0.333 e. The van der Waals surface area contributed by atoms with Crippen molar-refractivity contribution in [1.29, 1.82) is 5.26 Å². The summed E-state index contributed by atoms with van der Waals surface area (Å²) in [7, 11) is 0. The lowest BCUT2D eigenvalue weighted by Crippen LogP contribution is -2.48. The van der Waals surface area contributed by atoms with Crippen LogP contribution in [0.2, 0.25) is 0 Å². The Morgan fingerprint density at radius 3 is 2.71 bits per heavy atom. The molecule has 0 aliphatic heterocycles. The third-order valence-corrected chi connectivity index (χ3v) is 4.36. The van der Waals surface area contributed by atoms with E-state index in [1.807, 2.05) is 18.4 Å². The van der Waals surface area contributed by atoms with Crippen molar-refractivity contribution in [2.45, 2.75) is 44.6 Å². The number of nitriles is 1. The van der Waals surface area contributed by atoms with Crippen molar-refractivity contribution in [3.8, 4) is 6.07 Å². The van der Waals surface area contributed by atoms with E-state index in [2.05, 4.69) is 11.4 Å². The van der Waals surface area contributed by atoms with E-state index in [0.29, 0.717) is 0 Å². The topological polar surface area (TPSA) is 52.9 Å². The number of amides is 1. The second-order valence-corrected chi connectivity index (χ2v) is 5.56. The van der Waals surface area contributed by atoms with Crippen LogP contribution in [0.25, 0.3) is 0 Å². The number of thiophene rings is 1. The molecular formula is C13H16N2OS. The van der Waals surface area contributed by atoms with Gasteiger partial charge in [0.15, 0.2) is 0 Å². The van der Waals surface area contributed by atoms with Gasteiger partial charge in [-0.2, -0.15) is 5.26 Å². The summed E-state index contributed by atoms with van der Waals surface area (Å²) in [5.41, 5.74) is 0.350. The first-order valence-corrected chi connectivity index (χ1v) is 6.83. The van der Waals surface area contributed by atoms with E-state index < -0.39 is 5.54 Å². The highest BCUT2D eigenvalue weighted by molar-refractivity contribution is 7.12. The molecule has 0 unspecified atom stereocenters. The lowest BCUT2D eigenvalue weighted by atomic mass is 9.83. The van der Waals surface area contributed by atoms with Gasteiger partial charge in [0, 0.05) is 0 Å². The smallest absolute Gasteiger partial charge is 0.262 e. The molecule has 0 bridgehead atoms. The van der Waals surface area contributed by atoms with Crippen molar-refractivity contribution in [3.05, 3.63) is 21.9 Å². The summed E-state index contributed by atoms with van der Waals surface area (Å²) < 4.78 is 0. The van der Waals surface area contributed by atoms with Gasteiger partial charge in [-0.05, 0) is 36.8 Å². The van der Waals surface area contributed by atoms with Gasteiger partial charge in [-0.15, -0.1) is 11.3 Å². The lowest BCUT2D eigenvalue weighted by molar-refractivity contribution is 0.0906. The van der Waals surface area contributed by atoms with E-state index >= 15 is 0 Å². The summed E-state index contributed by atoms with van der Waals surface area (Å²) in [6.45, 7) is 1.92. The first-order valence-electron chi connectivity index (χ1n) is 5.95. The highest BCUT2D eigenvalue weighted by Crippen LogP contribution is 2.28. The summed E-state index contributed by atoms with van der Waals surface area (Å²) >= 11 is 1.43. The first-order chi connectivity index (χ1) is 8.17. The van der Waals surface area contributed by atoms with Crippen molar-refractivity contribution in [3.63, 3.8) is 0 Å². The molecule has 1 aliphatic carbocycles. The molecule has 4 heteroatoms.